The van der Waals surface area contributed by atoms with Crippen molar-refractivity contribution in [3.8, 4) is 46.0 Å². The molecule has 2 fully saturated rings. The number of nitriles is 2. The van der Waals surface area contributed by atoms with E-state index in [-0.39, 0.29) is 129 Å². The van der Waals surface area contributed by atoms with E-state index < -0.39 is 112 Å². The number of carbonyl (C=O) groups excluding carboxylic acids is 2. The standard InChI is InChI=1S/C64H54Cl5F5N14O4/c1-10-39(89)85-17-15-83(24-30(85)8)59-33-20-37(65)55(41-46(70)44(68)50(74)52(78)48(41)72)81-61(33)88(64(92)36(59)23-76)58-29(7)19-32(80-54(58)27(4)5)11-12-40(90)86-18-16-84(25-31(86)9)60-34-21-38(66)56(42-47(71)43(67)49(73)45(69)51(42)77)82-62(34)87(63(91)35(60)22-75)57-28(6)13-14-79-53(57)26(2)3/h10-14,19-21,26-27,30-31H,1,15-18,24-25,77-78H2,2-9H3/b12-11-/t30-,31-/m1/s1. The van der Waals surface area contributed by atoms with Crippen LogP contribution in [-0.4, -0.2) is 102 Å². The van der Waals surface area contributed by atoms with E-state index in [1.54, 1.807) is 79.5 Å². The first-order valence-corrected chi connectivity index (χ1v) is 30.4. The van der Waals surface area contributed by atoms with E-state index >= 15 is 22.8 Å². The van der Waals surface area contributed by atoms with Crippen molar-refractivity contribution in [2.45, 2.75) is 79.3 Å². The van der Waals surface area contributed by atoms with E-state index in [0.29, 0.717) is 16.8 Å². The maximum absolute atomic E-state index is 16.1. The van der Waals surface area contributed by atoms with E-state index in [2.05, 4.69) is 22.6 Å². The lowest BCUT2D eigenvalue weighted by molar-refractivity contribution is -0.129. The number of carbonyl (C=O) groups is 2. The number of benzene rings is 2. The largest absolute Gasteiger partial charge is 0.397 e. The summed E-state index contributed by atoms with van der Waals surface area (Å²) < 4.78 is 80.3. The third-order valence-corrected chi connectivity index (χ3v) is 18.0. The molecule has 0 spiro atoms. The third kappa shape index (κ3) is 11.0. The van der Waals surface area contributed by atoms with Crippen LogP contribution in [0.4, 0.5) is 44.7 Å². The van der Waals surface area contributed by atoms with Gasteiger partial charge in [-0.1, -0.05) is 92.3 Å². The van der Waals surface area contributed by atoms with Crippen molar-refractivity contribution in [3.05, 3.63) is 163 Å². The van der Waals surface area contributed by atoms with Crippen LogP contribution in [0.25, 0.3) is 62.0 Å². The molecule has 2 saturated heterocycles. The Morgan fingerprint density at radius 3 is 1.60 bits per heavy atom. The number of aryl methyl sites for hydroxylation is 2. The first-order valence-electron chi connectivity index (χ1n) is 28.5. The number of pyridine rings is 6. The van der Waals surface area contributed by atoms with Crippen LogP contribution in [0.5, 0.6) is 0 Å². The minimum atomic E-state index is -1.58. The van der Waals surface area contributed by atoms with Crippen LogP contribution in [0, 0.1) is 65.6 Å². The molecule has 0 bridgehead atoms. The Morgan fingerprint density at radius 2 is 1.11 bits per heavy atom. The molecule has 2 aromatic carbocycles. The monoisotopic (exact) mass is 1350 g/mol. The van der Waals surface area contributed by atoms with Gasteiger partial charge < -0.3 is 31.1 Å². The van der Waals surface area contributed by atoms with Gasteiger partial charge in [0, 0.05) is 74.4 Å². The van der Waals surface area contributed by atoms with Gasteiger partial charge in [-0.25, -0.2) is 31.9 Å². The van der Waals surface area contributed by atoms with Crippen LogP contribution in [-0.2, 0) is 9.59 Å². The number of hydrogen-bond donors (Lipinski definition) is 2. The Kier molecular flexibility index (Phi) is 18.2. The van der Waals surface area contributed by atoms with Crippen molar-refractivity contribution in [2.24, 2.45) is 0 Å². The molecule has 0 unspecified atom stereocenters. The minimum absolute atomic E-state index is 0.0352. The Morgan fingerprint density at radius 1 is 0.630 bits per heavy atom. The Bertz CT molecular complexity index is 4740. The van der Waals surface area contributed by atoms with E-state index in [1.165, 1.54) is 34.9 Å². The molecule has 2 aliphatic rings. The highest BCUT2D eigenvalue weighted by molar-refractivity contribution is 6.39. The number of halogens is 10. The Balaban J connectivity index is 1.05. The molecular formula is C64H54Cl5F5N14O4. The molecule has 18 nitrogen and oxygen atoms in total. The highest BCUT2D eigenvalue weighted by Gasteiger charge is 2.37. The average Bonchev–Trinajstić information content (AvgIpc) is 0.731. The molecule has 474 valence electrons. The summed E-state index contributed by atoms with van der Waals surface area (Å²) in [5.74, 6) is -8.95. The number of fused-ring (bicyclic) bond motifs is 2. The molecule has 0 aliphatic carbocycles. The number of hydrogen-bond acceptors (Lipinski definition) is 14. The number of nitrogens with two attached hydrogens (primary N) is 2. The number of aromatic nitrogens is 6. The predicted octanol–water partition coefficient (Wildman–Crippen LogP) is 12.9. The van der Waals surface area contributed by atoms with Gasteiger partial charge in [0.15, 0.2) is 29.1 Å². The summed E-state index contributed by atoms with van der Waals surface area (Å²) in [6.07, 6.45) is 5.50. The smallest absolute Gasteiger partial charge is 0.276 e. The molecule has 10 rings (SSSR count). The molecule has 8 heterocycles. The quantitative estimate of drug-likeness (QED) is 0.0402. The lowest BCUT2D eigenvalue weighted by atomic mass is 10.0. The van der Waals surface area contributed by atoms with Crippen molar-refractivity contribution in [3.63, 3.8) is 0 Å². The average molecular weight is 1360 g/mol. The van der Waals surface area contributed by atoms with Gasteiger partial charge in [0.2, 0.25) is 11.8 Å². The van der Waals surface area contributed by atoms with Crippen molar-refractivity contribution in [2.75, 3.05) is 60.5 Å². The summed E-state index contributed by atoms with van der Waals surface area (Å²) in [5, 5.41) is 18.6. The number of amides is 2. The molecule has 2 atom stereocenters. The second-order valence-electron chi connectivity index (χ2n) is 22.9. The number of nitrogen functional groups attached to an aromatic ring is 2. The van der Waals surface area contributed by atoms with Crippen LogP contribution in [0.3, 0.4) is 0 Å². The zero-order valence-corrected chi connectivity index (χ0v) is 54.1. The first-order chi connectivity index (χ1) is 43.5. The first kappa shape index (κ1) is 66.1. The molecule has 0 radical (unpaired) electrons. The normalized spacial score (nSPS) is 15.4. The van der Waals surface area contributed by atoms with Gasteiger partial charge in [0.1, 0.15) is 55.3 Å². The van der Waals surface area contributed by atoms with Gasteiger partial charge in [-0.2, -0.15) is 10.5 Å². The number of rotatable bonds is 11. The molecule has 2 aliphatic heterocycles. The highest BCUT2D eigenvalue weighted by Crippen LogP contribution is 2.46. The van der Waals surface area contributed by atoms with Crippen LogP contribution in [0.15, 0.2) is 58.8 Å². The third-order valence-electron chi connectivity index (χ3n) is 16.4. The maximum Gasteiger partial charge on any atom is 0.276 e. The number of anilines is 4. The molecule has 4 N–H and O–H groups in total. The van der Waals surface area contributed by atoms with E-state index in [9.17, 15) is 28.9 Å². The molecular weight excluding hydrogens is 1300 g/mol. The van der Waals surface area contributed by atoms with Crippen LogP contribution < -0.4 is 32.4 Å². The van der Waals surface area contributed by atoms with Crippen LogP contribution in [0.2, 0.25) is 25.1 Å². The molecule has 28 heteroatoms. The zero-order chi connectivity index (χ0) is 67.1. The fraction of sp³-hybridized carbons (Fsp3) is 0.281. The summed E-state index contributed by atoms with van der Waals surface area (Å²) in [5.41, 5.74) is 7.39. The molecule has 0 saturated carbocycles. The fourth-order valence-corrected chi connectivity index (χ4v) is 13.1. The van der Waals surface area contributed by atoms with Gasteiger partial charge in [0.05, 0.1) is 78.1 Å². The minimum Gasteiger partial charge on any atom is -0.397 e. The SMILES string of the molecule is C=CC(=O)N1CCN(c2c(C#N)c(=O)n(-c3c(C)cc(/C=C\C(=O)N4CCN(c5c(C#N)c(=O)n(-c6c(C)ccnc6C(C)C)c6nc(-c7c(N)c(Cl)c(F)c(Cl)c7F)c(Cl)cc56)C[C@H]4C)nc3C(C)C)c3nc(-c4c(F)c(N)c(F)c(Cl)c4F)c(Cl)cc23)C[C@H]1C. The fourth-order valence-electron chi connectivity index (χ4n) is 12.0. The van der Waals surface area contributed by atoms with Gasteiger partial charge in [-0.3, -0.25) is 38.3 Å². The summed E-state index contributed by atoms with van der Waals surface area (Å²) >= 11 is 32.1. The second-order valence-corrected chi connectivity index (χ2v) is 24.8. The zero-order valence-electron chi connectivity index (χ0n) is 50.3. The number of nitrogens with zero attached hydrogens (tertiary/aromatic N) is 12. The summed E-state index contributed by atoms with van der Waals surface area (Å²) in [6, 6.07) is 8.95. The summed E-state index contributed by atoms with van der Waals surface area (Å²) in [4.78, 5) is 83.1. The van der Waals surface area contributed by atoms with Gasteiger partial charge >= 0.3 is 0 Å². The second kappa shape index (κ2) is 25.3. The molecule has 8 aromatic rings. The van der Waals surface area contributed by atoms with Gasteiger partial charge in [-0.15, -0.1) is 0 Å². The summed E-state index contributed by atoms with van der Waals surface area (Å²) in [6.45, 7) is 18.2. The Labute approximate surface area is 547 Å². The van der Waals surface area contributed by atoms with Crippen LogP contribution in [0.1, 0.15) is 92.7 Å². The topological polar surface area (TPSA) is 242 Å². The van der Waals surface area contributed by atoms with E-state index in [4.69, 9.17) is 79.4 Å². The van der Waals surface area contributed by atoms with Gasteiger partial charge in [-0.05, 0) is 87.1 Å². The lowest BCUT2D eigenvalue weighted by Crippen LogP contribution is -2.54. The van der Waals surface area contributed by atoms with Crippen LogP contribution >= 0.6 is 58.0 Å². The molecule has 2 amide bonds. The summed E-state index contributed by atoms with van der Waals surface area (Å²) in [7, 11) is 0. The lowest BCUT2D eigenvalue weighted by Gasteiger charge is -2.41. The van der Waals surface area contributed by atoms with E-state index in [1.807, 2.05) is 19.9 Å². The van der Waals surface area contributed by atoms with Gasteiger partial charge in [0.25, 0.3) is 11.1 Å². The predicted molar refractivity (Wildman–Crippen MR) is 348 cm³/mol. The van der Waals surface area contributed by atoms with Crippen molar-refractivity contribution in [1.82, 2.24) is 38.9 Å². The van der Waals surface area contributed by atoms with E-state index in [0.717, 1.165) is 4.57 Å². The number of piperazine rings is 2. The maximum atomic E-state index is 16.1. The van der Waals surface area contributed by atoms with Crippen molar-refractivity contribution in [1.29, 1.82) is 10.5 Å². The van der Waals surface area contributed by atoms with Crippen molar-refractivity contribution >= 4 is 121 Å². The molecule has 6 aromatic heterocycles. The Hall–Kier alpha value is -8.84. The highest BCUT2D eigenvalue weighted by atomic mass is 35.5. The van der Waals surface area contributed by atoms with Crippen molar-refractivity contribution < 1.29 is 31.5 Å². The molecule has 92 heavy (non-hydrogen) atoms.